The molecule has 218 valence electrons. The van der Waals surface area contributed by atoms with E-state index in [9.17, 15) is 29.1 Å². The van der Waals surface area contributed by atoms with Crippen LogP contribution in [0.5, 0.6) is 5.75 Å². The van der Waals surface area contributed by atoms with Gasteiger partial charge in [0, 0.05) is 39.4 Å². The minimum atomic E-state index is -1.28. The van der Waals surface area contributed by atoms with Crippen LogP contribution in [0.15, 0.2) is 24.3 Å². The van der Waals surface area contributed by atoms with Gasteiger partial charge < -0.3 is 25.8 Å². The Morgan fingerprint density at radius 2 is 1.69 bits per heavy atom. The van der Waals surface area contributed by atoms with E-state index in [1.165, 1.54) is 14.0 Å². The number of amides is 3. The summed E-state index contributed by atoms with van der Waals surface area (Å²) >= 11 is 0.877. The fraction of sp³-hybridized carbons (Fsp3) is 0.607. The van der Waals surface area contributed by atoms with Crippen molar-refractivity contribution in [2.75, 3.05) is 14.2 Å². The largest absolute Gasteiger partial charge is 0.497 e. The number of carbonyl (C=O) groups excluding carboxylic acids is 4. The molecule has 0 saturated carbocycles. The first-order valence-electron chi connectivity index (χ1n) is 13.7. The average molecular weight is 567 g/mol. The Kier molecular flexibility index (Phi) is 13.8. The van der Waals surface area contributed by atoms with Crippen LogP contribution in [-0.4, -0.2) is 65.4 Å². The maximum absolute atomic E-state index is 13.3. The molecule has 11 heteroatoms. The van der Waals surface area contributed by atoms with Crippen molar-refractivity contribution in [1.82, 2.24) is 16.0 Å². The lowest BCUT2D eigenvalue weighted by Crippen LogP contribution is -2.50. The van der Waals surface area contributed by atoms with Gasteiger partial charge in [0.25, 0.3) is 0 Å². The number of rotatable bonds is 16. The molecule has 0 aromatic heterocycles. The van der Waals surface area contributed by atoms with Crippen LogP contribution < -0.4 is 20.7 Å². The number of ether oxygens (including phenoxy) is 1. The Morgan fingerprint density at radius 1 is 1.05 bits per heavy atom. The summed E-state index contributed by atoms with van der Waals surface area (Å²) in [5.74, 6) is -2.94. The Morgan fingerprint density at radius 3 is 2.18 bits per heavy atom. The molecular formula is C28H43N3O7S. The molecule has 0 aliphatic rings. The van der Waals surface area contributed by atoms with Crippen LogP contribution in [0.3, 0.4) is 0 Å². The molecule has 0 saturated heterocycles. The van der Waals surface area contributed by atoms with E-state index in [2.05, 4.69) is 16.0 Å². The van der Waals surface area contributed by atoms with Gasteiger partial charge in [0.05, 0.1) is 7.11 Å². The molecule has 5 atom stereocenters. The Bertz CT molecular complexity index is 1010. The number of methoxy groups -OCH3 is 1. The van der Waals surface area contributed by atoms with Crippen molar-refractivity contribution < 1.29 is 35.2 Å². The maximum Gasteiger partial charge on any atom is 0.327 e. The number of carbonyl (C=O) groups is 5. The third-order valence-electron chi connectivity index (χ3n) is 6.13. The lowest BCUT2D eigenvalue weighted by molar-refractivity contribution is -0.142. The van der Waals surface area contributed by atoms with E-state index in [-0.39, 0.29) is 49.0 Å². The fourth-order valence-electron chi connectivity index (χ4n) is 4.13. The molecule has 0 fully saturated rings. The summed E-state index contributed by atoms with van der Waals surface area (Å²) in [5.41, 5.74) is 0.813. The Balaban J connectivity index is 3.00. The van der Waals surface area contributed by atoms with Crippen molar-refractivity contribution in [3.05, 3.63) is 29.8 Å². The second-order valence-electron chi connectivity index (χ2n) is 10.0. The van der Waals surface area contributed by atoms with Gasteiger partial charge in [-0.05, 0) is 42.4 Å². The van der Waals surface area contributed by atoms with Gasteiger partial charge in [-0.25, -0.2) is 4.79 Å². The van der Waals surface area contributed by atoms with E-state index < -0.39 is 41.0 Å². The van der Waals surface area contributed by atoms with Gasteiger partial charge in [-0.3, -0.25) is 19.2 Å². The van der Waals surface area contributed by atoms with Crippen molar-refractivity contribution in [3.8, 4) is 5.75 Å². The number of benzene rings is 1. The van der Waals surface area contributed by atoms with Crippen LogP contribution in [0.2, 0.25) is 0 Å². The highest BCUT2D eigenvalue weighted by molar-refractivity contribution is 8.14. The molecule has 0 heterocycles. The average Bonchev–Trinajstić information content (AvgIpc) is 2.91. The SMILES string of the molecule is [2H]CC(C)CC(CCC(=O)N[C@H](C(=O)O)C(SC(C)=O)C(C)C)C(=O)N[C@@H](Cc1ccc(OC)cc1)C(=O)NC. The molecule has 4 N–H and O–H groups in total. The molecule has 3 unspecified atom stereocenters. The zero-order valence-corrected chi connectivity index (χ0v) is 24.4. The zero-order valence-electron chi connectivity index (χ0n) is 24.6. The smallest absolute Gasteiger partial charge is 0.327 e. The van der Waals surface area contributed by atoms with Crippen molar-refractivity contribution in [2.45, 2.75) is 77.6 Å². The highest BCUT2D eigenvalue weighted by atomic mass is 32.2. The molecule has 1 rings (SSSR count). The van der Waals surface area contributed by atoms with E-state index >= 15 is 0 Å². The van der Waals surface area contributed by atoms with Gasteiger partial charge in [-0.15, -0.1) is 0 Å². The van der Waals surface area contributed by atoms with E-state index in [1.807, 2.05) is 6.92 Å². The standard InChI is InChI=1S/C28H43N3O7S/c1-16(2)14-20(10-13-23(33)31-24(28(36)37)25(17(3)4)39-18(5)32)26(34)30-22(27(35)29-6)15-19-8-11-21(38-7)12-9-19/h8-9,11-12,16-17,20,22,24-25H,10,13-15H2,1-7H3,(H,29,35)(H,30,34)(H,31,33)(H,36,37)/t20?,22-,24-,25?/m0/s1/i1D/t16?,20?,22-,24-,25?. The summed E-state index contributed by atoms with van der Waals surface area (Å²) < 4.78 is 12.8. The predicted molar refractivity (Wildman–Crippen MR) is 151 cm³/mol. The summed E-state index contributed by atoms with van der Waals surface area (Å²) in [4.78, 5) is 62.3. The lowest BCUT2D eigenvalue weighted by atomic mass is 9.91. The summed E-state index contributed by atoms with van der Waals surface area (Å²) in [6.45, 7) is 6.81. The topological polar surface area (TPSA) is 151 Å². The molecule has 0 spiro atoms. The molecule has 3 amide bonds. The van der Waals surface area contributed by atoms with Crippen LogP contribution in [-0.2, 0) is 30.4 Å². The van der Waals surface area contributed by atoms with Crippen LogP contribution in [0.1, 0.15) is 60.8 Å². The van der Waals surface area contributed by atoms with Gasteiger partial charge in [0.15, 0.2) is 5.12 Å². The quantitative estimate of drug-likeness (QED) is 0.239. The van der Waals surface area contributed by atoms with E-state index in [1.54, 1.807) is 45.2 Å². The van der Waals surface area contributed by atoms with E-state index in [0.29, 0.717) is 12.2 Å². The molecule has 0 aliphatic heterocycles. The van der Waals surface area contributed by atoms with E-state index in [4.69, 9.17) is 6.11 Å². The van der Waals surface area contributed by atoms with Crippen LogP contribution in [0.4, 0.5) is 0 Å². The number of aliphatic carboxylic acids is 1. The molecule has 1 aromatic rings. The minimum Gasteiger partial charge on any atom is -0.497 e. The number of nitrogens with one attached hydrogen (secondary N) is 3. The molecule has 10 nitrogen and oxygen atoms in total. The van der Waals surface area contributed by atoms with E-state index in [0.717, 1.165) is 17.3 Å². The Hall–Kier alpha value is -3.08. The molecule has 1 aromatic carbocycles. The Labute approximate surface area is 236 Å². The van der Waals surface area contributed by atoms with Gasteiger partial charge in [-0.1, -0.05) is 51.6 Å². The predicted octanol–water partition coefficient (Wildman–Crippen LogP) is 2.78. The van der Waals surface area contributed by atoms with Gasteiger partial charge in [-0.2, -0.15) is 0 Å². The van der Waals surface area contributed by atoms with Crippen molar-refractivity contribution in [2.24, 2.45) is 17.8 Å². The second-order valence-corrected chi connectivity index (χ2v) is 11.4. The summed E-state index contributed by atoms with van der Waals surface area (Å²) in [7, 11) is 3.03. The molecular weight excluding hydrogens is 522 g/mol. The monoisotopic (exact) mass is 566 g/mol. The fourth-order valence-corrected chi connectivity index (χ4v) is 5.10. The summed E-state index contributed by atoms with van der Waals surface area (Å²) in [6, 6.07) is 5.00. The zero-order chi connectivity index (χ0) is 30.4. The number of thioether (sulfide) groups is 1. The number of carboxylic acids is 1. The van der Waals surface area contributed by atoms with Gasteiger partial charge >= 0.3 is 5.97 Å². The van der Waals surface area contributed by atoms with Gasteiger partial charge in [0.2, 0.25) is 17.7 Å². The second kappa shape index (κ2) is 16.8. The molecule has 39 heavy (non-hydrogen) atoms. The number of likely N-dealkylation sites (N-methyl/N-ethyl adjacent to an activating group) is 1. The number of hydrogen-bond donors (Lipinski definition) is 4. The van der Waals surface area contributed by atoms with Crippen molar-refractivity contribution in [1.29, 1.82) is 0 Å². The highest BCUT2D eigenvalue weighted by Gasteiger charge is 2.34. The van der Waals surface area contributed by atoms with Crippen LogP contribution in [0, 0.1) is 17.8 Å². The van der Waals surface area contributed by atoms with Gasteiger partial charge in [0.1, 0.15) is 17.8 Å². The first-order chi connectivity index (χ1) is 18.8. The molecule has 0 aliphatic carbocycles. The first kappa shape index (κ1) is 32.1. The first-order valence-corrected chi connectivity index (χ1v) is 13.8. The summed E-state index contributed by atoms with van der Waals surface area (Å²) in [5, 5.41) is 16.7. The lowest BCUT2D eigenvalue weighted by Gasteiger charge is -2.27. The number of hydrogen-bond acceptors (Lipinski definition) is 7. The highest BCUT2D eigenvalue weighted by Crippen LogP contribution is 2.25. The number of carboxylic acid groups (broad SMARTS) is 1. The van der Waals surface area contributed by atoms with Crippen molar-refractivity contribution in [3.63, 3.8) is 0 Å². The minimum absolute atomic E-state index is 0.0835. The molecule has 0 radical (unpaired) electrons. The van der Waals surface area contributed by atoms with Crippen LogP contribution in [0.25, 0.3) is 0 Å². The normalized spacial score (nSPS) is 15.2. The third kappa shape index (κ3) is 12.1. The van der Waals surface area contributed by atoms with Crippen LogP contribution >= 0.6 is 11.8 Å². The molecule has 0 bridgehead atoms. The maximum atomic E-state index is 13.3. The summed E-state index contributed by atoms with van der Waals surface area (Å²) in [6.07, 6.45) is 0.527. The van der Waals surface area contributed by atoms with Crippen molar-refractivity contribution >= 4 is 40.6 Å². The third-order valence-corrected chi connectivity index (χ3v) is 7.55.